The summed E-state index contributed by atoms with van der Waals surface area (Å²) in [5.74, 6) is -2.05. The average Bonchev–Trinajstić information content (AvgIpc) is 2.98. The van der Waals surface area contributed by atoms with Gasteiger partial charge in [0, 0.05) is 17.0 Å². The van der Waals surface area contributed by atoms with E-state index in [1.54, 1.807) is 12.1 Å². The van der Waals surface area contributed by atoms with Crippen LogP contribution in [0.25, 0.3) is 22.1 Å². The van der Waals surface area contributed by atoms with Crippen LogP contribution in [-0.2, 0) is 11.1 Å². The number of hydrogen-bond acceptors (Lipinski definition) is 5. The number of pyridine rings is 2. The van der Waals surface area contributed by atoms with Gasteiger partial charge in [-0.15, -0.1) is 0 Å². The van der Waals surface area contributed by atoms with E-state index < -0.39 is 42.3 Å². The van der Waals surface area contributed by atoms with Crippen LogP contribution < -0.4 is 15.7 Å². The van der Waals surface area contributed by atoms with Gasteiger partial charge in [0.25, 0.3) is 0 Å². The maximum absolute atomic E-state index is 14.4. The van der Waals surface area contributed by atoms with Crippen molar-refractivity contribution in [3.63, 3.8) is 0 Å². The van der Waals surface area contributed by atoms with Gasteiger partial charge in [0.15, 0.2) is 5.65 Å². The molecule has 4 aromatic rings. The van der Waals surface area contributed by atoms with E-state index in [4.69, 9.17) is 14.5 Å². The van der Waals surface area contributed by atoms with E-state index in [0.717, 1.165) is 4.57 Å². The smallest absolute Gasteiger partial charge is 0.356 e. The SMILES string of the molecule is COc1ccc2c(ncc3[nH]c(=O)n(Cc4c(F)cc(P(=O)(O)O)cc4F)c32)n1. The molecule has 0 aliphatic rings. The summed E-state index contributed by atoms with van der Waals surface area (Å²) in [6, 6.07) is 4.29. The molecule has 0 amide bonds. The van der Waals surface area contributed by atoms with E-state index in [2.05, 4.69) is 15.0 Å². The Morgan fingerprint density at radius 1 is 1.24 bits per heavy atom. The number of ether oxygens (including phenoxy) is 1. The number of hydrogen-bond donors (Lipinski definition) is 3. The molecule has 12 heteroatoms. The highest BCUT2D eigenvalue weighted by atomic mass is 31.2. The highest BCUT2D eigenvalue weighted by Crippen LogP contribution is 2.34. The third kappa shape index (κ3) is 3.29. The van der Waals surface area contributed by atoms with Crippen LogP contribution in [0.5, 0.6) is 5.88 Å². The van der Waals surface area contributed by atoms with Gasteiger partial charge in [-0.05, 0) is 18.2 Å². The molecule has 0 atom stereocenters. The van der Waals surface area contributed by atoms with E-state index in [0.29, 0.717) is 34.4 Å². The molecule has 0 unspecified atom stereocenters. The van der Waals surface area contributed by atoms with Crippen molar-refractivity contribution < 1.29 is 27.9 Å². The van der Waals surface area contributed by atoms with Crippen molar-refractivity contribution in [3.05, 3.63) is 58.1 Å². The molecule has 0 saturated heterocycles. The molecular weight excluding hydrogens is 409 g/mol. The van der Waals surface area contributed by atoms with Gasteiger partial charge in [-0.2, -0.15) is 4.98 Å². The van der Waals surface area contributed by atoms with Crippen molar-refractivity contribution in [1.82, 2.24) is 19.5 Å². The van der Waals surface area contributed by atoms with Crippen LogP contribution in [0.4, 0.5) is 8.78 Å². The van der Waals surface area contributed by atoms with Crippen molar-refractivity contribution in [2.24, 2.45) is 0 Å². The number of rotatable bonds is 4. The average molecular weight is 422 g/mol. The molecule has 0 radical (unpaired) electrons. The zero-order valence-corrected chi connectivity index (χ0v) is 15.7. The van der Waals surface area contributed by atoms with E-state index >= 15 is 0 Å². The lowest BCUT2D eigenvalue weighted by atomic mass is 10.2. The van der Waals surface area contributed by atoms with Gasteiger partial charge in [-0.3, -0.25) is 9.13 Å². The fourth-order valence-corrected chi connectivity index (χ4v) is 3.61. The van der Waals surface area contributed by atoms with Crippen LogP contribution in [0.15, 0.2) is 35.3 Å². The number of imidazole rings is 1. The molecule has 0 saturated carbocycles. The van der Waals surface area contributed by atoms with Crippen molar-refractivity contribution in [3.8, 4) is 5.88 Å². The lowest BCUT2D eigenvalue weighted by Gasteiger charge is -2.11. The van der Waals surface area contributed by atoms with Crippen molar-refractivity contribution in [2.75, 3.05) is 7.11 Å². The fourth-order valence-electron chi connectivity index (χ4n) is 3.04. The molecule has 3 heterocycles. The van der Waals surface area contributed by atoms with Gasteiger partial charge in [-0.25, -0.2) is 18.6 Å². The molecule has 3 N–H and O–H groups in total. The second kappa shape index (κ2) is 6.73. The van der Waals surface area contributed by atoms with Crippen LogP contribution in [0, 0.1) is 11.6 Å². The van der Waals surface area contributed by atoms with Crippen LogP contribution in [0.3, 0.4) is 0 Å². The van der Waals surface area contributed by atoms with Gasteiger partial charge in [0.1, 0.15) is 11.6 Å². The van der Waals surface area contributed by atoms with E-state index in [1.165, 1.54) is 13.3 Å². The number of fused-ring (bicyclic) bond motifs is 3. The first-order valence-corrected chi connectivity index (χ1v) is 9.76. The summed E-state index contributed by atoms with van der Waals surface area (Å²) in [5.41, 5.74) is -0.225. The zero-order valence-electron chi connectivity index (χ0n) is 14.8. The highest BCUT2D eigenvalue weighted by Gasteiger charge is 2.23. The van der Waals surface area contributed by atoms with Crippen LogP contribution in [0.2, 0.25) is 0 Å². The second-order valence-electron chi connectivity index (χ2n) is 6.19. The Labute approximate surface area is 160 Å². The van der Waals surface area contributed by atoms with Crippen LogP contribution in [0.1, 0.15) is 5.56 Å². The number of halogens is 2. The minimum atomic E-state index is -4.83. The van der Waals surface area contributed by atoms with Gasteiger partial charge in [0.05, 0.1) is 36.2 Å². The second-order valence-corrected chi connectivity index (χ2v) is 7.80. The van der Waals surface area contributed by atoms with Gasteiger partial charge >= 0.3 is 13.3 Å². The number of aromatic nitrogens is 4. The first-order chi connectivity index (χ1) is 13.7. The number of H-pyrrole nitrogens is 1. The highest BCUT2D eigenvalue weighted by molar-refractivity contribution is 7.60. The Morgan fingerprint density at radius 2 is 1.93 bits per heavy atom. The Hall–Kier alpha value is -3.14. The molecule has 150 valence electrons. The Kier molecular flexibility index (Phi) is 4.45. The number of methoxy groups -OCH3 is 1. The Bertz CT molecular complexity index is 1350. The molecule has 4 rings (SSSR count). The summed E-state index contributed by atoms with van der Waals surface area (Å²) in [6.45, 7) is -0.511. The molecule has 0 fully saturated rings. The van der Waals surface area contributed by atoms with Gasteiger partial charge in [-0.1, -0.05) is 0 Å². The van der Waals surface area contributed by atoms with E-state index in [9.17, 15) is 18.1 Å². The van der Waals surface area contributed by atoms with Crippen molar-refractivity contribution in [2.45, 2.75) is 6.54 Å². The summed E-state index contributed by atoms with van der Waals surface area (Å²) in [5, 5.41) is -0.331. The summed E-state index contributed by atoms with van der Waals surface area (Å²) in [6.07, 6.45) is 1.37. The van der Waals surface area contributed by atoms with Gasteiger partial charge in [0.2, 0.25) is 5.88 Å². The predicted octanol–water partition coefficient (Wildman–Crippen LogP) is 1.41. The molecule has 29 heavy (non-hydrogen) atoms. The largest absolute Gasteiger partial charge is 0.481 e. The lowest BCUT2D eigenvalue weighted by Crippen LogP contribution is -2.20. The Balaban J connectivity index is 1.91. The molecule has 1 aromatic carbocycles. The van der Waals surface area contributed by atoms with E-state index in [-0.39, 0.29) is 5.65 Å². The van der Waals surface area contributed by atoms with Crippen LogP contribution in [-0.4, -0.2) is 36.4 Å². The topological polar surface area (TPSA) is 130 Å². The summed E-state index contributed by atoms with van der Waals surface area (Å²) < 4.78 is 46.3. The first kappa shape index (κ1) is 19.2. The van der Waals surface area contributed by atoms with E-state index in [1.807, 2.05) is 0 Å². The third-order valence-corrected chi connectivity index (χ3v) is 5.35. The molecule has 0 bridgehead atoms. The Morgan fingerprint density at radius 3 is 2.55 bits per heavy atom. The maximum atomic E-state index is 14.4. The summed E-state index contributed by atoms with van der Waals surface area (Å²) in [7, 11) is -3.40. The van der Waals surface area contributed by atoms with Crippen LogP contribution >= 0.6 is 7.60 Å². The van der Waals surface area contributed by atoms with Crippen molar-refractivity contribution >= 4 is 35.0 Å². The zero-order chi connectivity index (χ0) is 20.9. The normalized spacial score (nSPS) is 12.0. The van der Waals surface area contributed by atoms with Gasteiger partial charge < -0.3 is 19.5 Å². The quantitative estimate of drug-likeness (QED) is 0.424. The van der Waals surface area contributed by atoms with Crippen molar-refractivity contribution in [1.29, 1.82) is 0 Å². The fraction of sp³-hybridized carbons (Fsp3) is 0.118. The summed E-state index contributed by atoms with van der Waals surface area (Å²) in [4.78, 5) is 41.6. The number of nitrogens with zero attached hydrogens (tertiary/aromatic N) is 3. The molecule has 0 spiro atoms. The minimum Gasteiger partial charge on any atom is -0.481 e. The summed E-state index contributed by atoms with van der Waals surface area (Å²) >= 11 is 0. The third-order valence-electron chi connectivity index (χ3n) is 4.42. The molecular formula is C17H13F2N4O5P. The number of nitrogens with one attached hydrogen (secondary N) is 1. The molecule has 9 nitrogen and oxygen atoms in total. The molecule has 0 aliphatic heterocycles. The predicted molar refractivity (Wildman–Crippen MR) is 99.3 cm³/mol. The monoisotopic (exact) mass is 422 g/mol. The molecule has 3 aromatic heterocycles. The number of benzene rings is 1. The molecule has 0 aliphatic carbocycles. The maximum Gasteiger partial charge on any atom is 0.356 e. The first-order valence-electron chi connectivity index (χ1n) is 8.15. The number of aromatic amines is 1. The lowest BCUT2D eigenvalue weighted by molar-refractivity contribution is 0.386. The standard InChI is InChI=1S/C17H13F2N4O5P/c1-28-14-3-2-9-15-13(6-20-16(9)22-14)21-17(24)23(15)7-10-11(18)4-8(5-12(10)19)29(25,26)27/h2-6H,7H2,1H3,(H,21,24)(H2,25,26,27). The minimum absolute atomic E-state index is 0.266.